The number of benzene rings is 2. The van der Waals surface area contributed by atoms with E-state index in [1.807, 2.05) is 30.3 Å². The highest BCUT2D eigenvalue weighted by Gasteiger charge is 2.51. The summed E-state index contributed by atoms with van der Waals surface area (Å²) in [5.74, 6) is -0.524. The van der Waals surface area contributed by atoms with Crippen molar-refractivity contribution in [3.63, 3.8) is 0 Å². The van der Waals surface area contributed by atoms with Crippen molar-refractivity contribution >= 4 is 11.6 Å². The maximum Gasteiger partial charge on any atom is 0.420 e. The second-order valence-electron chi connectivity index (χ2n) is 6.78. The minimum Gasteiger partial charge on any atom is -0.490 e. The first kappa shape index (κ1) is 18.3. The molecule has 0 spiro atoms. The van der Waals surface area contributed by atoms with Gasteiger partial charge in [-0.3, -0.25) is 4.79 Å². The first-order valence-electron chi connectivity index (χ1n) is 8.47. The van der Waals surface area contributed by atoms with Gasteiger partial charge in [-0.1, -0.05) is 30.3 Å². The van der Waals surface area contributed by atoms with Crippen LogP contribution in [-0.4, -0.2) is 12.0 Å². The molecule has 1 aliphatic rings. The Kier molecular flexibility index (Phi) is 4.69. The Labute approximate surface area is 150 Å². The normalized spacial score (nSPS) is 15.6. The fraction of sp³-hybridized carbons (Fsp3) is 0.350. The number of anilines is 1. The Morgan fingerprint density at radius 3 is 2.31 bits per heavy atom. The lowest BCUT2D eigenvalue weighted by Crippen LogP contribution is -2.28. The number of hydrogen-bond acceptors (Lipinski definition) is 2. The van der Waals surface area contributed by atoms with E-state index in [2.05, 4.69) is 5.32 Å². The van der Waals surface area contributed by atoms with Crippen molar-refractivity contribution in [2.75, 3.05) is 5.32 Å². The smallest absolute Gasteiger partial charge is 0.420 e. The third kappa shape index (κ3) is 3.69. The van der Waals surface area contributed by atoms with E-state index in [1.54, 1.807) is 13.8 Å². The van der Waals surface area contributed by atoms with Crippen LogP contribution in [0.25, 0.3) is 0 Å². The number of alkyl halides is 3. The maximum atomic E-state index is 13.3. The molecule has 0 heterocycles. The third-order valence-electron chi connectivity index (χ3n) is 4.42. The van der Waals surface area contributed by atoms with Gasteiger partial charge in [0, 0.05) is 5.69 Å². The predicted octanol–water partition coefficient (Wildman–Crippen LogP) is 5.16. The SMILES string of the molecule is CC(C)Oc1ccc(NC(=O)C2(c3ccccc3)CC2)cc1C(F)(F)F. The first-order chi connectivity index (χ1) is 12.2. The van der Waals surface area contributed by atoms with E-state index in [-0.39, 0.29) is 23.4 Å². The molecule has 0 radical (unpaired) electrons. The summed E-state index contributed by atoms with van der Waals surface area (Å²) in [5, 5.41) is 2.64. The molecule has 3 rings (SSSR count). The van der Waals surface area contributed by atoms with Crippen molar-refractivity contribution in [1.29, 1.82) is 0 Å². The molecule has 0 unspecified atom stereocenters. The van der Waals surface area contributed by atoms with Crippen LogP contribution >= 0.6 is 0 Å². The molecule has 2 aromatic rings. The number of amides is 1. The second kappa shape index (κ2) is 6.67. The number of carbonyl (C=O) groups excluding carboxylic acids is 1. The summed E-state index contributed by atoms with van der Waals surface area (Å²) in [7, 11) is 0. The summed E-state index contributed by atoms with van der Waals surface area (Å²) >= 11 is 0. The Morgan fingerprint density at radius 1 is 1.12 bits per heavy atom. The summed E-state index contributed by atoms with van der Waals surface area (Å²) in [4.78, 5) is 12.7. The molecule has 0 atom stereocenters. The van der Waals surface area contributed by atoms with E-state index in [4.69, 9.17) is 4.74 Å². The summed E-state index contributed by atoms with van der Waals surface area (Å²) < 4.78 is 45.3. The van der Waals surface area contributed by atoms with Gasteiger partial charge in [-0.25, -0.2) is 0 Å². The van der Waals surface area contributed by atoms with E-state index in [0.717, 1.165) is 11.6 Å². The van der Waals surface area contributed by atoms with Crippen LogP contribution < -0.4 is 10.1 Å². The van der Waals surface area contributed by atoms with Gasteiger partial charge in [0.05, 0.1) is 17.1 Å². The summed E-state index contributed by atoms with van der Waals surface area (Å²) in [6, 6.07) is 12.9. The number of hydrogen-bond donors (Lipinski definition) is 1. The van der Waals surface area contributed by atoms with Crippen molar-refractivity contribution in [2.24, 2.45) is 0 Å². The Hall–Kier alpha value is -2.50. The van der Waals surface area contributed by atoms with Crippen molar-refractivity contribution in [3.05, 3.63) is 59.7 Å². The fourth-order valence-corrected chi connectivity index (χ4v) is 2.97. The molecule has 0 aromatic heterocycles. The largest absolute Gasteiger partial charge is 0.490 e. The number of nitrogens with one attached hydrogen (secondary N) is 1. The van der Waals surface area contributed by atoms with E-state index < -0.39 is 17.2 Å². The number of ether oxygens (including phenoxy) is 1. The van der Waals surface area contributed by atoms with Crippen molar-refractivity contribution < 1.29 is 22.7 Å². The lowest BCUT2D eigenvalue weighted by Gasteiger charge is -2.19. The zero-order chi connectivity index (χ0) is 18.9. The van der Waals surface area contributed by atoms with Gasteiger partial charge in [0.25, 0.3) is 0 Å². The molecule has 1 fully saturated rings. The van der Waals surface area contributed by atoms with Crippen LogP contribution in [0.2, 0.25) is 0 Å². The zero-order valence-electron chi connectivity index (χ0n) is 14.6. The van der Waals surface area contributed by atoms with Gasteiger partial charge in [0.15, 0.2) is 0 Å². The summed E-state index contributed by atoms with van der Waals surface area (Å²) in [6.07, 6.45) is -3.58. The topological polar surface area (TPSA) is 38.3 Å². The molecule has 1 aliphatic carbocycles. The Balaban J connectivity index is 1.85. The van der Waals surface area contributed by atoms with Gasteiger partial charge in [-0.15, -0.1) is 0 Å². The van der Waals surface area contributed by atoms with Crippen LogP contribution in [0.4, 0.5) is 18.9 Å². The van der Waals surface area contributed by atoms with Crippen molar-refractivity contribution in [1.82, 2.24) is 0 Å². The molecule has 1 amide bonds. The van der Waals surface area contributed by atoms with E-state index in [0.29, 0.717) is 12.8 Å². The quantitative estimate of drug-likeness (QED) is 0.797. The van der Waals surface area contributed by atoms with Gasteiger partial charge in [-0.05, 0) is 50.5 Å². The molecule has 26 heavy (non-hydrogen) atoms. The van der Waals surface area contributed by atoms with Crippen LogP contribution in [-0.2, 0) is 16.4 Å². The molecule has 138 valence electrons. The highest BCUT2D eigenvalue weighted by Crippen LogP contribution is 2.49. The molecule has 6 heteroatoms. The molecule has 0 bridgehead atoms. The third-order valence-corrected chi connectivity index (χ3v) is 4.42. The van der Waals surface area contributed by atoms with Crippen LogP contribution in [0.1, 0.15) is 37.8 Å². The number of carbonyl (C=O) groups is 1. The van der Waals surface area contributed by atoms with E-state index in [9.17, 15) is 18.0 Å². The molecule has 0 aliphatic heterocycles. The lowest BCUT2D eigenvalue weighted by atomic mass is 9.95. The standard InChI is InChI=1S/C20H20F3NO2/c1-13(2)26-17-9-8-15(12-16(17)20(21,22)23)24-18(25)19(10-11-19)14-6-4-3-5-7-14/h3-9,12-13H,10-11H2,1-2H3,(H,24,25). The monoisotopic (exact) mass is 363 g/mol. The Bertz CT molecular complexity index is 796. The first-order valence-corrected chi connectivity index (χ1v) is 8.47. The molecule has 0 saturated heterocycles. The molecule has 2 aromatic carbocycles. The van der Waals surface area contributed by atoms with Gasteiger partial charge in [-0.2, -0.15) is 13.2 Å². The molecule has 1 N–H and O–H groups in total. The van der Waals surface area contributed by atoms with E-state index >= 15 is 0 Å². The van der Waals surface area contributed by atoms with Gasteiger partial charge < -0.3 is 10.1 Å². The molecular weight excluding hydrogens is 343 g/mol. The van der Waals surface area contributed by atoms with Crippen LogP contribution in [0.15, 0.2) is 48.5 Å². The van der Waals surface area contributed by atoms with Crippen molar-refractivity contribution in [3.8, 4) is 5.75 Å². The highest BCUT2D eigenvalue weighted by atomic mass is 19.4. The summed E-state index contributed by atoms with van der Waals surface area (Å²) in [6.45, 7) is 3.32. The van der Waals surface area contributed by atoms with Gasteiger partial charge in [0.1, 0.15) is 5.75 Å². The second-order valence-corrected chi connectivity index (χ2v) is 6.78. The lowest BCUT2D eigenvalue weighted by molar-refractivity contribution is -0.139. The molecular formula is C20H20F3NO2. The minimum atomic E-state index is -4.57. The van der Waals surface area contributed by atoms with Gasteiger partial charge >= 0.3 is 6.18 Å². The molecule has 1 saturated carbocycles. The predicted molar refractivity (Wildman–Crippen MR) is 93.2 cm³/mol. The van der Waals surface area contributed by atoms with Gasteiger partial charge in [0.2, 0.25) is 5.91 Å². The van der Waals surface area contributed by atoms with Crippen LogP contribution in [0, 0.1) is 0 Å². The summed E-state index contributed by atoms with van der Waals surface area (Å²) in [5.41, 5.74) is -0.547. The molecule has 3 nitrogen and oxygen atoms in total. The van der Waals surface area contributed by atoms with Crippen molar-refractivity contribution in [2.45, 2.75) is 44.4 Å². The minimum absolute atomic E-state index is 0.112. The fourth-order valence-electron chi connectivity index (χ4n) is 2.97. The van der Waals surface area contributed by atoms with E-state index in [1.165, 1.54) is 12.1 Å². The Morgan fingerprint density at radius 2 is 1.77 bits per heavy atom. The average Bonchev–Trinajstić information content (AvgIpc) is 3.37. The zero-order valence-corrected chi connectivity index (χ0v) is 14.6. The number of halogens is 3. The van der Waals surface area contributed by atoms with Crippen LogP contribution in [0.3, 0.4) is 0 Å². The number of rotatable bonds is 5. The maximum absolute atomic E-state index is 13.3. The van der Waals surface area contributed by atoms with Crippen LogP contribution in [0.5, 0.6) is 5.75 Å². The highest BCUT2D eigenvalue weighted by molar-refractivity contribution is 6.01. The average molecular weight is 363 g/mol.